The average Bonchev–Trinajstić information content (AvgIpc) is 2.56. The molecular formula is C17H29IN4O2S. The van der Waals surface area contributed by atoms with Crippen molar-refractivity contribution in [2.75, 3.05) is 32.4 Å². The first kappa shape index (κ1) is 23.8. The fraction of sp³-hybridized carbons (Fsp3) is 0.529. The maximum absolute atomic E-state index is 12.0. The molecule has 0 aliphatic heterocycles. The number of thioether (sulfide) groups is 1. The van der Waals surface area contributed by atoms with Gasteiger partial charge in [-0.1, -0.05) is 12.1 Å². The number of nitrogens with one attached hydrogen (secondary N) is 3. The number of aromatic hydroxyl groups is 1. The molecule has 0 aromatic heterocycles. The first-order valence-electron chi connectivity index (χ1n) is 8.03. The highest BCUT2D eigenvalue weighted by molar-refractivity contribution is 14.0. The van der Waals surface area contributed by atoms with Crippen LogP contribution in [0.2, 0.25) is 0 Å². The standard InChI is InChI=1S/C17H28N4O2S.HI/c1-5-18-16(21-12-17(2,3)24-4)20-11-10-19-15(23)13-8-6-7-9-14(13)22;/h6-9,22H,5,10-12H2,1-4H3,(H,19,23)(H2,18,20,21);1H. The van der Waals surface area contributed by atoms with Crippen LogP contribution in [-0.4, -0.2) is 54.2 Å². The first-order valence-corrected chi connectivity index (χ1v) is 9.25. The smallest absolute Gasteiger partial charge is 0.255 e. The van der Waals surface area contributed by atoms with E-state index in [4.69, 9.17) is 0 Å². The van der Waals surface area contributed by atoms with Gasteiger partial charge in [0.05, 0.1) is 12.1 Å². The zero-order valence-corrected chi connectivity index (χ0v) is 18.4. The summed E-state index contributed by atoms with van der Waals surface area (Å²) in [5, 5.41) is 18.8. The number of benzene rings is 1. The van der Waals surface area contributed by atoms with E-state index in [1.165, 1.54) is 6.07 Å². The molecule has 8 heteroatoms. The van der Waals surface area contributed by atoms with E-state index in [9.17, 15) is 9.90 Å². The summed E-state index contributed by atoms with van der Waals surface area (Å²) in [5.41, 5.74) is 0.278. The number of hydrogen-bond acceptors (Lipinski definition) is 4. The van der Waals surface area contributed by atoms with Crippen molar-refractivity contribution in [1.82, 2.24) is 16.0 Å². The molecule has 0 aliphatic carbocycles. The zero-order valence-electron chi connectivity index (χ0n) is 15.3. The molecule has 0 aliphatic rings. The highest BCUT2D eigenvalue weighted by Gasteiger charge is 2.15. The Kier molecular flexibility index (Phi) is 11.7. The van der Waals surface area contributed by atoms with Gasteiger partial charge in [-0.25, -0.2) is 0 Å². The van der Waals surface area contributed by atoms with Crippen LogP contribution in [0, 0.1) is 0 Å². The average molecular weight is 480 g/mol. The minimum absolute atomic E-state index is 0. The number of phenolic OH excluding ortho intramolecular Hbond substituents is 1. The molecule has 142 valence electrons. The highest BCUT2D eigenvalue weighted by Crippen LogP contribution is 2.20. The minimum Gasteiger partial charge on any atom is -0.507 e. The van der Waals surface area contributed by atoms with Gasteiger partial charge < -0.3 is 21.1 Å². The second-order valence-electron chi connectivity index (χ2n) is 5.86. The molecule has 0 fully saturated rings. The van der Waals surface area contributed by atoms with E-state index < -0.39 is 0 Å². The molecule has 6 nitrogen and oxygen atoms in total. The van der Waals surface area contributed by atoms with Crippen LogP contribution in [-0.2, 0) is 0 Å². The number of rotatable bonds is 8. The SMILES string of the molecule is CCNC(=NCC(C)(C)SC)NCCNC(=O)c1ccccc1O.I. The Morgan fingerprint density at radius 2 is 1.84 bits per heavy atom. The first-order chi connectivity index (χ1) is 11.4. The lowest BCUT2D eigenvalue weighted by Crippen LogP contribution is -2.42. The fourth-order valence-electron chi connectivity index (χ4n) is 1.79. The summed E-state index contributed by atoms with van der Waals surface area (Å²) in [6.45, 7) is 8.77. The Morgan fingerprint density at radius 3 is 2.44 bits per heavy atom. The van der Waals surface area contributed by atoms with Gasteiger partial charge in [0.1, 0.15) is 5.75 Å². The molecule has 0 saturated carbocycles. The van der Waals surface area contributed by atoms with Crippen LogP contribution in [0.15, 0.2) is 29.3 Å². The summed E-state index contributed by atoms with van der Waals surface area (Å²) in [6, 6.07) is 6.49. The quantitative estimate of drug-likeness (QED) is 0.199. The summed E-state index contributed by atoms with van der Waals surface area (Å²) in [4.78, 5) is 16.6. The molecular weight excluding hydrogens is 451 g/mol. The van der Waals surface area contributed by atoms with E-state index in [0.29, 0.717) is 19.6 Å². The number of amides is 1. The van der Waals surface area contributed by atoms with Gasteiger partial charge in [-0.2, -0.15) is 11.8 Å². The van der Waals surface area contributed by atoms with E-state index in [0.717, 1.165) is 12.5 Å². The van der Waals surface area contributed by atoms with E-state index in [1.807, 2.05) is 6.92 Å². The third-order valence-corrected chi connectivity index (χ3v) is 4.60. The van der Waals surface area contributed by atoms with Crippen molar-refractivity contribution in [2.24, 2.45) is 4.99 Å². The summed E-state index contributed by atoms with van der Waals surface area (Å²) in [7, 11) is 0. The zero-order chi connectivity index (χ0) is 18.0. The van der Waals surface area contributed by atoms with Crippen molar-refractivity contribution < 1.29 is 9.90 Å². The monoisotopic (exact) mass is 480 g/mol. The van der Waals surface area contributed by atoms with Crippen LogP contribution in [0.4, 0.5) is 0 Å². The maximum atomic E-state index is 12.0. The van der Waals surface area contributed by atoms with Gasteiger partial charge >= 0.3 is 0 Å². The van der Waals surface area contributed by atoms with Crippen LogP contribution >= 0.6 is 35.7 Å². The van der Waals surface area contributed by atoms with Crippen molar-refractivity contribution in [2.45, 2.75) is 25.5 Å². The van der Waals surface area contributed by atoms with Gasteiger partial charge in [0.2, 0.25) is 0 Å². The minimum atomic E-state index is -0.291. The number of para-hydroxylation sites is 1. The van der Waals surface area contributed by atoms with Gasteiger partial charge in [-0.05, 0) is 39.2 Å². The van der Waals surface area contributed by atoms with Gasteiger partial charge in [0, 0.05) is 24.4 Å². The van der Waals surface area contributed by atoms with Gasteiger partial charge in [-0.15, -0.1) is 24.0 Å². The van der Waals surface area contributed by atoms with Crippen LogP contribution in [0.5, 0.6) is 5.75 Å². The number of carbonyl (C=O) groups is 1. The van der Waals surface area contributed by atoms with Crippen LogP contribution in [0.25, 0.3) is 0 Å². The third kappa shape index (κ3) is 9.20. The van der Waals surface area contributed by atoms with Gasteiger partial charge in [0.15, 0.2) is 5.96 Å². The molecule has 1 amide bonds. The number of nitrogens with zero attached hydrogens (tertiary/aromatic N) is 1. The largest absolute Gasteiger partial charge is 0.507 e. The molecule has 4 N–H and O–H groups in total. The van der Waals surface area contributed by atoms with Crippen LogP contribution in [0.1, 0.15) is 31.1 Å². The van der Waals surface area contributed by atoms with E-state index in [-0.39, 0.29) is 45.9 Å². The molecule has 1 rings (SSSR count). The number of aliphatic imine (C=N–C) groups is 1. The number of guanidine groups is 1. The Labute approximate surface area is 171 Å². The predicted molar refractivity (Wildman–Crippen MR) is 117 cm³/mol. The second-order valence-corrected chi connectivity index (χ2v) is 7.37. The summed E-state index contributed by atoms with van der Waals surface area (Å²) >= 11 is 1.78. The molecule has 0 spiro atoms. The number of phenols is 1. The normalized spacial score (nSPS) is 11.4. The highest BCUT2D eigenvalue weighted by atomic mass is 127. The van der Waals surface area contributed by atoms with Crippen LogP contribution in [0.3, 0.4) is 0 Å². The van der Waals surface area contributed by atoms with Crippen molar-refractivity contribution in [3.05, 3.63) is 29.8 Å². The van der Waals surface area contributed by atoms with E-state index in [2.05, 4.69) is 41.0 Å². The lowest BCUT2D eigenvalue weighted by molar-refractivity contribution is 0.0951. The second kappa shape index (κ2) is 12.2. The molecule has 1 aromatic rings. The van der Waals surface area contributed by atoms with Gasteiger partial charge in [-0.3, -0.25) is 9.79 Å². The summed E-state index contributed by atoms with van der Waals surface area (Å²) < 4.78 is 0.0847. The third-order valence-electron chi connectivity index (χ3n) is 3.37. The molecule has 0 radical (unpaired) electrons. The molecule has 0 heterocycles. The molecule has 0 atom stereocenters. The lowest BCUT2D eigenvalue weighted by Gasteiger charge is -2.20. The lowest BCUT2D eigenvalue weighted by atomic mass is 10.2. The Hall–Kier alpha value is -1.16. The maximum Gasteiger partial charge on any atom is 0.255 e. The fourth-order valence-corrected chi connectivity index (χ4v) is 1.99. The Bertz CT molecular complexity index is 567. The van der Waals surface area contributed by atoms with Crippen molar-refractivity contribution in [3.63, 3.8) is 0 Å². The number of hydrogen-bond donors (Lipinski definition) is 4. The van der Waals surface area contributed by atoms with Crippen molar-refractivity contribution in [3.8, 4) is 5.75 Å². The molecule has 0 unspecified atom stereocenters. The van der Waals surface area contributed by atoms with E-state index in [1.54, 1.807) is 30.0 Å². The van der Waals surface area contributed by atoms with Crippen LogP contribution < -0.4 is 16.0 Å². The van der Waals surface area contributed by atoms with Crippen molar-refractivity contribution >= 4 is 47.6 Å². The molecule has 1 aromatic carbocycles. The number of carbonyl (C=O) groups excluding carboxylic acids is 1. The molecule has 0 saturated heterocycles. The van der Waals surface area contributed by atoms with E-state index >= 15 is 0 Å². The summed E-state index contributed by atoms with van der Waals surface area (Å²) in [5.74, 6) is 0.425. The summed E-state index contributed by atoms with van der Waals surface area (Å²) in [6.07, 6.45) is 2.07. The van der Waals surface area contributed by atoms with Crippen molar-refractivity contribution in [1.29, 1.82) is 0 Å². The molecule has 0 bridgehead atoms. The Balaban J connectivity index is 0.00000576. The topological polar surface area (TPSA) is 85.8 Å². The molecule has 25 heavy (non-hydrogen) atoms. The predicted octanol–water partition coefficient (Wildman–Crippen LogP) is 2.44. The Morgan fingerprint density at radius 1 is 1.20 bits per heavy atom. The van der Waals surface area contributed by atoms with Gasteiger partial charge in [0.25, 0.3) is 5.91 Å². The number of halogens is 1.